The fourth-order valence-electron chi connectivity index (χ4n) is 4.80. The summed E-state index contributed by atoms with van der Waals surface area (Å²) >= 11 is 0. The summed E-state index contributed by atoms with van der Waals surface area (Å²) in [4.78, 5) is 38.0. The lowest BCUT2D eigenvalue weighted by Gasteiger charge is -2.29. The Hall–Kier alpha value is -2.25. The zero-order valence-electron chi connectivity index (χ0n) is 15.2. The van der Waals surface area contributed by atoms with Gasteiger partial charge in [0, 0.05) is 36.7 Å². The molecule has 7 nitrogen and oxygen atoms in total. The van der Waals surface area contributed by atoms with E-state index in [1.54, 1.807) is 4.90 Å². The molecule has 27 heavy (non-hydrogen) atoms. The maximum absolute atomic E-state index is 12.9. The molecular weight excluding hydrogens is 344 g/mol. The van der Waals surface area contributed by atoms with Crippen molar-refractivity contribution in [1.82, 2.24) is 20.9 Å². The van der Waals surface area contributed by atoms with Gasteiger partial charge >= 0.3 is 0 Å². The monoisotopic (exact) mass is 368 g/mol. The molecule has 7 heteroatoms. The van der Waals surface area contributed by atoms with Gasteiger partial charge in [0.2, 0.25) is 11.8 Å². The van der Waals surface area contributed by atoms with Gasteiger partial charge in [-0.2, -0.15) is 0 Å². The number of fused-ring (bicyclic) bond motifs is 2. The number of amides is 3. The highest BCUT2D eigenvalue weighted by Gasteiger charge is 2.54. The molecule has 5 rings (SSSR count). The number of piperidine rings is 2. The van der Waals surface area contributed by atoms with Gasteiger partial charge in [-0.1, -0.05) is 12.1 Å². The first-order valence-electron chi connectivity index (χ1n) is 9.81. The van der Waals surface area contributed by atoms with Crippen LogP contribution >= 0.6 is 0 Å². The van der Waals surface area contributed by atoms with E-state index in [0.717, 1.165) is 24.2 Å². The minimum Gasteiger partial charge on any atom is -0.322 e. The first-order valence-corrected chi connectivity index (χ1v) is 9.81. The first kappa shape index (κ1) is 16.9. The standard InChI is InChI=1S/C20H24N4O3/c25-17-5-4-15(18(26)23-17)24-11-13-3-2-12(8-14(13)19(24)27)10-22-20-6-1-7-21-16(20)9-20/h2-3,8,15-16,21-22H,1,4-7,9-11H2,(H,23,25,26)/t15?,16-,20-/m1/s1. The molecule has 3 N–H and O–H groups in total. The van der Waals surface area contributed by atoms with Crippen molar-refractivity contribution >= 4 is 17.7 Å². The van der Waals surface area contributed by atoms with Gasteiger partial charge in [-0.15, -0.1) is 0 Å². The van der Waals surface area contributed by atoms with E-state index < -0.39 is 6.04 Å². The van der Waals surface area contributed by atoms with Crippen LogP contribution in [0, 0.1) is 0 Å². The number of rotatable bonds is 4. The maximum Gasteiger partial charge on any atom is 0.255 e. The fraction of sp³-hybridized carbons (Fsp3) is 0.550. The van der Waals surface area contributed by atoms with Gasteiger partial charge in [-0.3, -0.25) is 19.7 Å². The average molecular weight is 368 g/mol. The van der Waals surface area contributed by atoms with Crippen molar-refractivity contribution in [3.63, 3.8) is 0 Å². The molecule has 3 heterocycles. The predicted molar refractivity (Wildman–Crippen MR) is 97.7 cm³/mol. The average Bonchev–Trinajstić information content (AvgIpc) is 3.31. The Morgan fingerprint density at radius 1 is 1.26 bits per heavy atom. The molecule has 3 aliphatic heterocycles. The molecule has 1 aromatic carbocycles. The van der Waals surface area contributed by atoms with Crippen molar-refractivity contribution in [3.05, 3.63) is 34.9 Å². The number of nitrogens with one attached hydrogen (secondary N) is 3. The number of carbonyl (C=O) groups excluding carboxylic acids is 3. The molecule has 3 atom stereocenters. The van der Waals surface area contributed by atoms with Crippen molar-refractivity contribution in [1.29, 1.82) is 0 Å². The number of hydrogen-bond donors (Lipinski definition) is 3. The highest BCUT2D eigenvalue weighted by Crippen LogP contribution is 2.43. The third-order valence-electron chi connectivity index (χ3n) is 6.50. The molecule has 0 radical (unpaired) electrons. The molecule has 0 aromatic heterocycles. The largest absolute Gasteiger partial charge is 0.322 e. The van der Waals surface area contributed by atoms with Crippen molar-refractivity contribution in [2.24, 2.45) is 0 Å². The quantitative estimate of drug-likeness (QED) is 0.671. The summed E-state index contributed by atoms with van der Waals surface area (Å²) in [6.45, 7) is 2.29. The lowest BCUT2D eigenvalue weighted by molar-refractivity contribution is -0.136. The Kier molecular flexibility index (Phi) is 3.84. The summed E-state index contributed by atoms with van der Waals surface area (Å²) in [5.74, 6) is -0.732. The first-order chi connectivity index (χ1) is 13.1. The van der Waals surface area contributed by atoms with Crippen LogP contribution in [0.5, 0.6) is 0 Å². The molecule has 1 saturated carbocycles. The van der Waals surface area contributed by atoms with Gasteiger partial charge in [-0.25, -0.2) is 0 Å². The zero-order chi connectivity index (χ0) is 18.6. The number of hydrogen-bond acceptors (Lipinski definition) is 5. The van der Waals surface area contributed by atoms with E-state index in [2.05, 4.69) is 22.0 Å². The van der Waals surface area contributed by atoms with Crippen LogP contribution in [-0.4, -0.2) is 46.8 Å². The molecule has 4 aliphatic rings. The Balaban J connectivity index is 1.28. The molecule has 0 spiro atoms. The highest BCUT2D eigenvalue weighted by molar-refractivity contribution is 6.05. The number of benzene rings is 1. The van der Waals surface area contributed by atoms with Crippen LogP contribution in [0.25, 0.3) is 0 Å². The van der Waals surface area contributed by atoms with Crippen molar-refractivity contribution in [2.45, 2.75) is 62.8 Å². The van der Waals surface area contributed by atoms with E-state index in [-0.39, 0.29) is 29.7 Å². The topological polar surface area (TPSA) is 90.5 Å². The normalized spacial score (nSPS) is 32.1. The second-order valence-corrected chi connectivity index (χ2v) is 8.22. The Bertz CT molecular complexity index is 839. The maximum atomic E-state index is 12.9. The SMILES string of the molecule is O=C1CCC(N2Cc3ccc(CN[C@@]45CCCN[C@@H]4C5)cc3C2=O)C(=O)N1. The smallest absolute Gasteiger partial charge is 0.255 e. The third-order valence-corrected chi connectivity index (χ3v) is 6.50. The predicted octanol–water partition coefficient (Wildman–Crippen LogP) is 0.432. The van der Waals surface area contributed by atoms with E-state index in [4.69, 9.17) is 0 Å². The van der Waals surface area contributed by atoms with Crippen molar-refractivity contribution < 1.29 is 14.4 Å². The molecule has 3 fully saturated rings. The summed E-state index contributed by atoms with van der Waals surface area (Å²) in [5.41, 5.74) is 2.97. The number of imide groups is 1. The van der Waals surface area contributed by atoms with Gasteiger partial charge in [0.15, 0.2) is 0 Å². The van der Waals surface area contributed by atoms with Crippen LogP contribution in [0.15, 0.2) is 18.2 Å². The van der Waals surface area contributed by atoms with E-state index in [9.17, 15) is 14.4 Å². The van der Waals surface area contributed by atoms with Gasteiger partial charge in [0.25, 0.3) is 5.91 Å². The second kappa shape index (κ2) is 6.14. The van der Waals surface area contributed by atoms with E-state index in [1.807, 2.05) is 12.1 Å². The molecule has 0 bridgehead atoms. The lowest BCUT2D eigenvalue weighted by Crippen LogP contribution is -2.52. The Morgan fingerprint density at radius 2 is 2.15 bits per heavy atom. The third kappa shape index (κ3) is 2.85. The number of carbonyl (C=O) groups is 3. The van der Waals surface area contributed by atoms with Crippen LogP contribution < -0.4 is 16.0 Å². The Morgan fingerprint density at radius 3 is 2.96 bits per heavy atom. The van der Waals surface area contributed by atoms with Gasteiger partial charge < -0.3 is 15.5 Å². The minimum absolute atomic E-state index is 0.108. The summed E-state index contributed by atoms with van der Waals surface area (Å²) < 4.78 is 0. The minimum atomic E-state index is -0.552. The van der Waals surface area contributed by atoms with Crippen LogP contribution in [0.3, 0.4) is 0 Å². The summed E-state index contributed by atoms with van der Waals surface area (Å²) in [7, 11) is 0. The summed E-state index contributed by atoms with van der Waals surface area (Å²) in [6, 6.07) is 6.06. The van der Waals surface area contributed by atoms with E-state index in [1.165, 1.54) is 19.3 Å². The summed E-state index contributed by atoms with van der Waals surface area (Å²) in [6.07, 6.45) is 4.27. The Labute approximate surface area is 157 Å². The molecule has 1 aromatic rings. The van der Waals surface area contributed by atoms with Crippen molar-refractivity contribution in [2.75, 3.05) is 6.54 Å². The second-order valence-electron chi connectivity index (χ2n) is 8.22. The van der Waals surface area contributed by atoms with Gasteiger partial charge in [0.1, 0.15) is 6.04 Å². The van der Waals surface area contributed by atoms with Gasteiger partial charge in [-0.05, 0) is 49.4 Å². The molecule has 1 aliphatic carbocycles. The van der Waals surface area contributed by atoms with E-state index in [0.29, 0.717) is 24.6 Å². The summed E-state index contributed by atoms with van der Waals surface area (Å²) in [5, 5.41) is 9.58. The fourth-order valence-corrected chi connectivity index (χ4v) is 4.80. The molecule has 1 unspecified atom stereocenters. The highest BCUT2D eigenvalue weighted by atomic mass is 16.2. The van der Waals surface area contributed by atoms with Crippen LogP contribution in [0.2, 0.25) is 0 Å². The molecule has 2 saturated heterocycles. The van der Waals surface area contributed by atoms with Crippen LogP contribution in [0.4, 0.5) is 0 Å². The lowest BCUT2D eigenvalue weighted by atomic mass is 10.0. The molecule has 3 amide bonds. The molecule has 142 valence electrons. The zero-order valence-corrected chi connectivity index (χ0v) is 15.2. The van der Waals surface area contributed by atoms with E-state index >= 15 is 0 Å². The van der Waals surface area contributed by atoms with Gasteiger partial charge in [0.05, 0.1) is 0 Å². The van der Waals surface area contributed by atoms with Crippen molar-refractivity contribution in [3.8, 4) is 0 Å². The van der Waals surface area contributed by atoms with Crippen LogP contribution in [0.1, 0.15) is 53.6 Å². The van der Waals surface area contributed by atoms with Crippen LogP contribution in [-0.2, 0) is 22.7 Å². The number of nitrogens with zero attached hydrogens (tertiary/aromatic N) is 1. The molecular formula is C20H24N4O3.